The number of rotatable bonds is 3. The van der Waals surface area contributed by atoms with Crippen LogP contribution >= 0.6 is 0 Å². The van der Waals surface area contributed by atoms with Gasteiger partial charge in [0.15, 0.2) is 0 Å². The predicted molar refractivity (Wildman–Crippen MR) is 56.4 cm³/mol. The Balaban J connectivity index is 3.13. The lowest BCUT2D eigenvalue weighted by molar-refractivity contribution is 0.695. The fraction of sp³-hybridized carbons (Fsp3) is 0.600. The van der Waals surface area contributed by atoms with Gasteiger partial charge in [0.2, 0.25) is 0 Å². The van der Waals surface area contributed by atoms with E-state index in [9.17, 15) is 4.79 Å². The second-order valence-electron chi connectivity index (χ2n) is 3.85. The number of H-pyrrole nitrogens is 1. The molecule has 1 rings (SSSR count). The van der Waals surface area contributed by atoms with Crippen LogP contribution in [0.5, 0.6) is 0 Å². The van der Waals surface area contributed by atoms with Gasteiger partial charge in [-0.3, -0.25) is 4.79 Å². The van der Waals surface area contributed by atoms with Crippen LogP contribution in [0.1, 0.15) is 44.1 Å². The number of nitrogens with two attached hydrogens (primary N) is 1. The maximum atomic E-state index is 11.3. The van der Waals surface area contributed by atoms with Gasteiger partial charge in [-0.15, -0.1) is 0 Å². The van der Waals surface area contributed by atoms with Gasteiger partial charge in [-0.05, 0) is 0 Å². The molecule has 0 spiro atoms. The fourth-order valence-corrected chi connectivity index (χ4v) is 1.14. The van der Waals surface area contributed by atoms with Crippen LogP contribution in [0.2, 0.25) is 0 Å². The molecule has 0 saturated heterocycles. The summed E-state index contributed by atoms with van der Waals surface area (Å²) in [7, 11) is 0. The Morgan fingerprint density at radius 2 is 2.14 bits per heavy atom. The first-order chi connectivity index (χ1) is 6.54. The van der Waals surface area contributed by atoms with E-state index >= 15 is 0 Å². The SMILES string of the molecule is CC(C)c1nc(C(C)CN)cc(=O)[nH]1. The number of aromatic nitrogens is 2. The van der Waals surface area contributed by atoms with E-state index in [0.717, 1.165) is 11.5 Å². The molecule has 14 heavy (non-hydrogen) atoms. The van der Waals surface area contributed by atoms with Crippen molar-refractivity contribution in [2.24, 2.45) is 5.73 Å². The molecular weight excluding hydrogens is 178 g/mol. The Hall–Kier alpha value is -1.16. The summed E-state index contributed by atoms with van der Waals surface area (Å²) in [5, 5.41) is 0. The van der Waals surface area contributed by atoms with Crippen LogP contribution < -0.4 is 11.3 Å². The lowest BCUT2D eigenvalue weighted by atomic mass is 10.1. The minimum Gasteiger partial charge on any atom is -0.330 e. The van der Waals surface area contributed by atoms with Crippen molar-refractivity contribution < 1.29 is 0 Å². The molecule has 0 fully saturated rings. The topological polar surface area (TPSA) is 71.8 Å². The molecular formula is C10H17N3O. The third-order valence-electron chi connectivity index (χ3n) is 2.19. The summed E-state index contributed by atoms with van der Waals surface area (Å²) in [6.45, 7) is 6.46. The Bertz CT molecular complexity index is 357. The Morgan fingerprint density at radius 3 is 2.64 bits per heavy atom. The molecule has 0 bridgehead atoms. The van der Waals surface area contributed by atoms with Gasteiger partial charge in [0.05, 0.1) is 5.69 Å². The molecule has 0 aliphatic heterocycles. The molecule has 0 aliphatic carbocycles. The highest BCUT2D eigenvalue weighted by Gasteiger charge is 2.09. The first-order valence-corrected chi connectivity index (χ1v) is 4.85. The zero-order valence-corrected chi connectivity index (χ0v) is 8.87. The van der Waals surface area contributed by atoms with Crippen molar-refractivity contribution in [3.8, 4) is 0 Å². The third-order valence-corrected chi connectivity index (χ3v) is 2.19. The molecule has 1 heterocycles. The van der Waals surface area contributed by atoms with Crippen LogP contribution in [0.4, 0.5) is 0 Å². The Morgan fingerprint density at radius 1 is 1.50 bits per heavy atom. The highest BCUT2D eigenvalue weighted by Crippen LogP contribution is 2.12. The first-order valence-electron chi connectivity index (χ1n) is 4.85. The van der Waals surface area contributed by atoms with Gasteiger partial charge in [-0.25, -0.2) is 4.98 Å². The first kappa shape index (κ1) is 10.9. The molecule has 0 saturated carbocycles. The molecule has 1 atom stereocenters. The standard InChI is InChI=1S/C10H17N3O/c1-6(2)10-12-8(7(3)5-11)4-9(14)13-10/h4,6-7H,5,11H2,1-3H3,(H,12,13,14). The molecule has 1 unspecified atom stereocenters. The van der Waals surface area contributed by atoms with E-state index in [1.54, 1.807) is 0 Å². The predicted octanol–water partition coefficient (Wildman–Crippen LogP) is 0.956. The monoisotopic (exact) mass is 195 g/mol. The largest absolute Gasteiger partial charge is 0.330 e. The van der Waals surface area contributed by atoms with E-state index in [4.69, 9.17) is 5.73 Å². The molecule has 3 N–H and O–H groups in total. The zero-order chi connectivity index (χ0) is 10.7. The van der Waals surface area contributed by atoms with Gasteiger partial charge >= 0.3 is 0 Å². The minimum atomic E-state index is -0.0981. The average Bonchev–Trinajstić information content (AvgIpc) is 2.15. The van der Waals surface area contributed by atoms with E-state index in [0.29, 0.717) is 6.54 Å². The van der Waals surface area contributed by atoms with Gasteiger partial charge in [-0.1, -0.05) is 20.8 Å². The summed E-state index contributed by atoms with van der Waals surface area (Å²) >= 11 is 0. The fourth-order valence-electron chi connectivity index (χ4n) is 1.14. The highest BCUT2D eigenvalue weighted by molar-refractivity contribution is 5.09. The summed E-state index contributed by atoms with van der Waals surface area (Å²) in [5.74, 6) is 1.09. The van der Waals surface area contributed by atoms with Crippen molar-refractivity contribution in [3.05, 3.63) is 27.9 Å². The molecule has 4 heteroatoms. The van der Waals surface area contributed by atoms with Crippen LogP contribution in [0, 0.1) is 0 Å². The minimum absolute atomic E-state index is 0.0981. The van der Waals surface area contributed by atoms with Gasteiger partial charge < -0.3 is 10.7 Å². The molecule has 0 aliphatic rings. The second-order valence-corrected chi connectivity index (χ2v) is 3.85. The van der Waals surface area contributed by atoms with Crippen LogP contribution in [-0.4, -0.2) is 16.5 Å². The molecule has 1 aromatic heterocycles. The van der Waals surface area contributed by atoms with E-state index in [1.807, 2.05) is 20.8 Å². The maximum absolute atomic E-state index is 11.3. The smallest absolute Gasteiger partial charge is 0.251 e. The van der Waals surface area contributed by atoms with Gasteiger partial charge in [-0.2, -0.15) is 0 Å². The molecule has 0 radical (unpaired) electrons. The zero-order valence-electron chi connectivity index (χ0n) is 8.87. The van der Waals surface area contributed by atoms with E-state index in [-0.39, 0.29) is 17.4 Å². The van der Waals surface area contributed by atoms with Crippen molar-refractivity contribution in [1.82, 2.24) is 9.97 Å². The van der Waals surface area contributed by atoms with Crippen molar-refractivity contribution >= 4 is 0 Å². The lowest BCUT2D eigenvalue weighted by Crippen LogP contribution is -2.18. The van der Waals surface area contributed by atoms with Crippen LogP contribution in [0.25, 0.3) is 0 Å². The molecule has 0 amide bonds. The Kier molecular flexibility index (Phi) is 3.41. The number of aromatic amines is 1. The number of hydrogen-bond donors (Lipinski definition) is 2. The van der Waals surface area contributed by atoms with Crippen molar-refractivity contribution in [3.63, 3.8) is 0 Å². The van der Waals surface area contributed by atoms with E-state index < -0.39 is 0 Å². The van der Waals surface area contributed by atoms with Crippen molar-refractivity contribution in [1.29, 1.82) is 0 Å². The maximum Gasteiger partial charge on any atom is 0.251 e. The normalized spacial score (nSPS) is 13.2. The van der Waals surface area contributed by atoms with Crippen molar-refractivity contribution in [2.45, 2.75) is 32.6 Å². The van der Waals surface area contributed by atoms with E-state index in [1.165, 1.54) is 6.07 Å². The number of nitrogens with one attached hydrogen (secondary N) is 1. The highest BCUT2D eigenvalue weighted by atomic mass is 16.1. The second kappa shape index (κ2) is 4.37. The number of nitrogens with zero attached hydrogens (tertiary/aromatic N) is 1. The molecule has 78 valence electrons. The van der Waals surface area contributed by atoms with Gasteiger partial charge in [0.25, 0.3) is 5.56 Å². The molecule has 1 aromatic rings. The van der Waals surface area contributed by atoms with Gasteiger partial charge in [0.1, 0.15) is 5.82 Å². The van der Waals surface area contributed by atoms with Crippen LogP contribution in [0.15, 0.2) is 10.9 Å². The molecule has 4 nitrogen and oxygen atoms in total. The average molecular weight is 195 g/mol. The summed E-state index contributed by atoms with van der Waals surface area (Å²) in [6.07, 6.45) is 0. The van der Waals surface area contributed by atoms with Crippen LogP contribution in [0.3, 0.4) is 0 Å². The molecule has 0 aromatic carbocycles. The Labute approximate surface area is 83.6 Å². The number of hydrogen-bond acceptors (Lipinski definition) is 3. The van der Waals surface area contributed by atoms with Crippen LogP contribution in [-0.2, 0) is 0 Å². The summed E-state index contributed by atoms with van der Waals surface area (Å²) in [5.41, 5.74) is 6.21. The summed E-state index contributed by atoms with van der Waals surface area (Å²) < 4.78 is 0. The summed E-state index contributed by atoms with van der Waals surface area (Å²) in [6, 6.07) is 1.52. The van der Waals surface area contributed by atoms with Crippen molar-refractivity contribution in [2.75, 3.05) is 6.54 Å². The third kappa shape index (κ3) is 2.42. The quantitative estimate of drug-likeness (QED) is 0.754. The lowest BCUT2D eigenvalue weighted by Gasteiger charge is -2.10. The van der Waals surface area contributed by atoms with E-state index in [2.05, 4.69) is 9.97 Å². The van der Waals surface area contributed by atoms with Gasteiger partial charge in [0, 0.05) is 24.4 Å². The summed E-state index contributed by atoms with van der Waals surface area (Å²) in [4.78, 5) is 18.4.